The van der Waals surface area contributed by atoms with E-state index < -0.39 is 0 Å². The molecule has 0 saturated carbocycles. The van der Waals surface area contributed by atoms with Crippen molar-refractivity contribution in [2.45, 2.75) is 0 Å². The normalized spacial score (nSPS) is 11.6. The third-order valence-corrected chi connectivity index (χ3v) is 10.7. The molecule has 0 spiro atoms. The zero-order valence-corrected chi connectivity index (χ0v) is 30.2. The van der Waals surface area contributed by atoms with Gasteiger partial charge in [-0.3, -0.25) is 0 Å². The molecule has 0 saturated heterocycles. The number of furan rings is 1. The summed E-state index contributed by atoms with van der Waals surface area (Å²) in [6.45, 7) is 0. The molecule has 0 atom stereocenters. The second kappa shape index (κ2) is 13.0. The third kappa shape index (κ3) is 5.21. The summed E-state index contributed by atoms with van der Waals surface area (Å²) in [6, 6.07) is 67.2. The SMILES string of the molecule is c1ccc(-c2ccc(-c3cccc4oc5c(ccc6c5c5ccccc5n6-c5ccccc5)c34)c(-c3nc(-c4ccccc4)nc(-c4ccccc4)n3)c2)cc1. The van der Waals surface area contributed by atoms with Gasteiger partial charge in [0.15, 0.2) is 17.5 Å². The monoisotopic (exact) mass is 716 g/mol. The Morgan fingerprint density at radius 2 is 0.964 bits per heavy atom. The van der Waals surface area contributed by atoms with Crippen LogP contribution in [0.2, 0.25) is 0 Å². The minimum Gasteiger partial charge on any atom is -0.455 e. The van der Waals surface area contributed by atoms with E-state index in [1.54, 1.807) is 0 Å². The molecule has 0 bridgehead atoms. The molecule has 0 fully saturated rings. The van der Waals surface area contributed by atoms with Gasteiger partial charge >= 0.3 is 0 Å². The van der Waals surface area contributed by atoms with E-state index in [-0.39, 0.29) is 0 Å². The summed E-state index contributed by atoms with van der Waals surface area (Å²) in [5, 5.41) is 4.36. The molecule has 0 aliphatic rings. The molecule has 262 valence electrons. The van der Waals surface area contributed by atoms with Crippen LogP contribution in [-0.4, -0.2) is 19.5 Å². The van der Waals surface area contributed by atoms with Gasteiger partial charge in [-0.15, -0.1) is 0 Å². The van der Waals surface area contributed by atoms with Crippen LogP contribution in [0.25, 0.3) is 106 Å². The number of nitrogens with zero attached hydrogens (tertiary/aromatic N) is 4. The first kappa shape index (κ1) is 31.9. The van der Waals surface area contributed by atoms with Crippen molar-refractivity contribution in [3.8, 4) is 62.1 Å². The van der Waals surface area contributed by atoms with Gasteiger partial charge < -0.3 is 8.98 Å². The third-order valence-electron chi connectivity index (χ3n) is 10.7. The van der Waals surface area contributed by atoms with Crippen molar-refractivity contribution in [3.63, 3.8) is 0 Å². The Kier molecular flexibility index (Phi) is 7.42. The van der Waals surface area contributed by atoms with Gasteiger partial charge in [-0.25, -0.2) is 15.0 Å². The molecule has 0 aliphatic carbocycles. The molecule has 8 aromatic carbocycles. The first-order chi connectivity index (χ1) is 27.8. The van der Waals surface area contributed by atoms with Gasteiger partial charge in [-0.2, -0.15) is 0 Å². The van der Waals surface area contributed by atoms with E-state index in [4.69, 9.17) is 19.4 Å². The summed E-state index contributed by atoms with van der Waals surface area (Å²) >= 11 is 0. The molecular weight excluding hydrogens is 685 g/mol. The van der Waals surface area contributed by atoms with E-state index in [0.29, 0.717) is 17.5 Å². The van der Waals surface area contributed by atoms with Crippen molar-refractivity contribution < 1.29 is 4.42 Å². The van der Waals surface area contributed by atoms with Gasteiger partial charge in [0.1, 0.15) is 11.2 Å². The minimum atomic E-state index is 0.601. The quantitative estimate of drug-likeness (QED) is 0.172. The first-order valence-corrected chi connectivity index (χ1v) is 18.8. The van der Waals surface area contributed by atoms with Crippen LogP contribution in [0, 0.1) is 0 Å². The maximum Gasteiger partial charge on any atom is 0.164 e. The summed E-state index contributed by atoms with van der Waals surface area (Å²) in [4.78, 5) is 15.4. The zero-order chi connectivity index (χ0) is 37.0. The fourth-order valence-corrected chi connectivity index (χ4v) is 8.12. The molecule has 5 nitrogen and oxygen atoms in total. The van der Waals surface area contributed by atoms with Crippen molar-refractivity contribution >= 4 is 43.7 Å². The van der Waals surface area contributed by atoms with Crippen molar-refractivity contribution in [1.29, 1.82) is 0 Å². The number of rotatable bonds is 6. The summed E-state index contributed by atoms with van der Waals surface area (Å²) in [7, 11) is 0. The fraction of sp³-hybridized carbons (Fsp3) is 0. The van der Waals surface area contributed by atoms with E-state index in [1.165, 1.54) is 0 Å². The van der Waals surface area contributed by atoms with Crippen LogP contribution in [-0.2, 0) is 0 Å². The molecule has 0 unspecified atom stereocenters. The lowest BCUT2D eigenvalue weighted by Crippen LogP contribution is -2.01. The number of aromatic nitrogens is 4. The Balaban J connectivity index is 1.20. The maximum atomic E-state index is 6.92. The lowest BCUT2D eigenvalue weighted by Gasteiger charge is -2.15. The molecule has 0 N–H and O–H groups in total. The molecule has 0 amide bonds. The Labute approximate surface area is 322 Å². The minimum absolute atomic E-state index is 0.601. The van der Waals surface area contributed by atoms with Gasteiger partial charge in [0.2, 0.25) is 0 Å². The summed E-state index contributed by atoms with van der Waals surface area (Å²) < 4.78 is 9.25. The van der Waals surface area contributed by atoms with Crippen LogP contribution in [0.5, 0.6) is 0 Å². The van der Waals surface area contributed by atoms with E-state index in [0.717, 1.165) is 88.4 Å². The van der Waals surface area contributed by atoms with Crippen LogP contribution >= 0.6 is 0 Å². The highest BCUT2D eigenvalue weighted by molar-refractivity contribution is 6.26. The van der Waals surface area contributed by atoms with Crippen molar-refractivity contribution in [2.24, 2.45) is 0 Å². The van der Waals surface area contributed by atoms with Crippen LogP contribution in [0.1, 0.15) is 0 Å². The van der Waals surface area contributed by atoms with E-state index in [1.807, 2.05) is 66.7 Å². The topological polar surface area (TPSA) is 56.7 Å². The molecule has 56 heavy (non-hydrogen) atoms. The number of hydrogen-bond donors (Lipinski definition) is 0. The van der Waals surface area contributed by atoms with Crippen LogP contribution in [0.4, 0.5) is 0 Å². The molecular formula is C51H32N4O. The van der Waals surface area contributed by atoms with Crippen LogP contribution < -0.4 is 0 Å². The highest BCUT2D eigenvalue weighted by Crippen LogP contribution is 2.45. The molecule has 0 aliphatic heterocycles. The summed E-state index contributed by atoms with van der Waals surface area (Å²) in [6.07, 6.45) is 0. The number of benzene rings is 8. The lowest BCUT2D eigenvalue weighted by molar-refractivity contribution is 0.673. The van der Waals surface area contributed by atoms with Gasteiger partial charge in [0.25, 0.3) is 0 Å². The highest BCUT2D eigenvalue weighted by Gasteiger charge is 2.23. The predicted molar refractivity (Wildman–Crippen MR) is 229 cm³/mol. The molecule has 3 aromatic heterocycles. The largest absolute Gasteiger partial charge is 0.455 e. The Hall–Kier alpha value is -7.63. The average Bonchev–Trinajstić information content (AvgIpc) is 3.83. The lowest BCUT2D eigenvalue weighted by atomic mass is 9.91. The van der Waals surface area contributed by atoms with Crippen molar-refractivity contribution in [1.82, 2.24) is 19.5 Å². The van der Waals surface area contributed by atoms with E-state index in [9.17, 15) is 0 Å². The zero-order valence-electron chi connectivity index (χ0n) is 30.2. The van der Waals surface area contributed by atoms with Crippen LogP contribution in [0.3, 0.4) is 0 Å². The molecule has 11 rings (SSSR count). The molecule has 0 radical (unpaired) electrons. The second-order valence-electron chi connectivity index (χ2n) is 14.0. The number of para-hydroxylation sites is 2. The highest BCUT2D eigenvalue weighted by atomic mass is 16.3. The fourth-order valence-electron chi connectivity index (χ4n) is 8.12. The predicted octanol–water partition coefficient (Wildman–Crippen LogP) is 13.2. The molecule has 3 heterocycles. The van der Waals surface area contributed by atoms with Crippen molar-refractivity contribution in [3.05, 3.63) is 194 Å². The maximum absolute atomic E-state index is 6.92. The Morgan fingerprint density at radius 1 is 0.357 bits per heavy atom. The van der Waals surface area contributed by atoms with E-state index in [2.05, 4.69) is 132 Å². The Morgan fingerprint density at radius 3 is 1.66 bits per heavy atom. The van der Waals surface area contributed by atoms with Crippen LogP contribution in [0.15, 0.2) is 199 Å². The standard InChI is InChI=1S/C51H32N4O/c1-5-16-33(17-6-1)36-28-29-38(42(32-36)51-53-49(34-18-7-2-8-19-34)52-50(54-51)35-20-9-3-10-21-35)39-25-15-27-45-46(39)41-30-31-44-47(48(41)56-45)40-24-13-14-26-43(40)55(44)37-22-11-4-12-23-37/h1-32H. The van der Waals surface area contributed by atoms with Gasteiger partial charge in [-0.1, -0.05) is 152 Å². The first-order valence-electron chi connectivity index (χ1n) is 18.8. The second-order valence-corrected chi connectivity index (χ2v) is 14.0. The van der Waals surface area contributed by atoms with Gasteiger partial charge in [0.05, 0.1) is 16.4 Å². The summed E-state index contributed by atoms with van der Waals surface area (Å²) in [5.74, 6) is 1.84. The Bertz CT molecular complexity index is 3170. The summed E-state index contributed by atoms with van der Waals surface area (Å²) in [5.41, 5.74) is 12.1. The van der Waals surface area contributed by atoms with Crippen molar-refractivity contribution in [2.75, 3.05) is 0 Å². The smallest absolute Gasteiger partial charge is 0.164 e. The molecule has 5 heteroatoms. The van der Waals surface area contributed by atoms with Gasteiger partial charge in [-0.05, 0) is 64.7 Å². The molecule has 11 aromatic rings. The average molecular weight is 717 g/mol. The number of hydrogen-bond acceptors (Lipinski definition) is 4. The number of fused-ring (bicyclic) bond motifs is 7. The van der Waals surface area contributed by atoms with Gasteiger partial charge in [0, 0.05) is 38.5 Å². The van der Waals surface area contributed by atoms with E-state index >= 15 is 0 Å².